The summed E-state index contributed by atoms with van der Waals surface area (Å²) in [7, 11) is 0. The first-order valence-corrected chi connectivity index (χ1v) is 7.05. The van der Waals surface area contributed by atoms with E-state index in [9.17, 15) is 4.79 Å². The Morgan fingerprint density at radius 1 is 1.31 bits per heavy atom. The quantitative estimate of drug-likeness (QED) is 0.714. The molecule has 0 radical (unpaired) electrons. The fourth-order valence-corrected chi connectivity index (χ4v) is 2.11. The Labute approximate surface area is 101 Å². The summed E-state index contributed by atoms with van der Waals surface area (Å²) >= 11 is 0. The molecule has 1 unspecified atom stereocenters. The molecule has 96 valence electrons. The van der Waals surface area contributed by atoms with Crippen molar-refractivity contribution < 1.29 is 4.79 Å². The molecule has 1 fully saturated rings. The van der Waals surface area contributed by atoms with Crippen molar-refractivity contribution in [1.29, 1.82) is 0 Å². The maximum absolute atomic E-state index is 11.7. The average molecular weight is 227 g/mol. The van der Waals surface area contributed by atoms with Gasteiger partial charge in [0.15, 0.2) is 0 Å². The molecule has 1 saturated heterocycles. The van der Waals surface area contributed by atoms with Crippen LogP contribution in [-0.2, 0) is 4.79 Å². The predicted molar refractivity (Wildman–Crippen MR) is 70.5 cm³/mol. The molecule has 0 aromatic carbocycles. The molecule has 0 spiro atoms. The zero-order chi connectivity index (χ0) is 12.4. The molecule has 1 amide bonds. The van der Waals surface area contributed by atoms with Crippen LogP contribution in [-0.4, -0.2) is 23.9 Å². The topological polar surface area (TPSA) is 20.3 Å². The van der Waals surface area contributed by atoms with Gasteiger partial charge >= 0.3 is 0 Å². The lowest BCUT2D eigenvalue weighted by molar-refractivity contribution is -0.133. The first-order chi connectivity index (χ1) is 7.77. The van der Waals surface area contributed by atoms with E-state index < -0.39 is 0 Å². The molecule has 0 aliphatic carbocycles. The molecule has 0 N–H and O–H groups in total. The first-order valence-electron chi connectivity index (χ1n) is 7.05. The summed E-state index contributed by atoms with van der Waals surface area (Å²) in [6, 6.07) is 0. The van der Waals surface area contributed by atoms with Crippen LogP contribution in [0.4, 0.5) is 0 Å². The summed E-state index contributed by atoms with van der Waals surface area (Å²) in [5, 5.41) is 0. The monoisotopic (exact) mass is 227 g/mol. The van der Waals surface area contributed by atoms with E-state index in [1.54, 1.807) is 0 Å². The van der Waals surface area contributed by atoms with Gasteiger partial charge in [0.25, 0.3) is 0 Å². The van der Waals surface area contributed by atoms with Crippen LogP contribution in [0.2, 0.25) is 0 Å². The second-order valence-corrected chi connectivity index (χ2v) is 4.36. The summed E-state index contributed by atoms with van der Waals surface area (Å²) in [6.45, 7) is 10.4. The average Bonchev–Trinajstić information content (AvgIpc) is 2.38. The summed E-state index contributed by atoms with van der Waals surface area (Å²) in [4.78, 5) is 13.8. The normalized spacial score (nSPS) is 20.0. The Kier molecular flexibility index (Phi) is 9.36. The van der Waals surface area contributed by atoms with Crippen LogP contribution in [0.15, 0.2) is 0 Å². The van der Waals surface area contributed by atoms with Crippen LogP contribution >= 0.6 is 0 Å². The van der Waals surface area contributed by atoms with Crippen LogP contribution in [0.1, 0.15) is 66.2 Å². The highest BCUT2D eigenvalue weighted by Crippen LogP contribution is 2.19. The number of carbonyl (C=O) groups excluding carboxylic acids is 1. The third-order valence-corrected chi connectivity index (χ3v) is 3.19. The van der Waals surface area contributed by atoms with Crippen LogP contribution in [0.25, 0.3) is 0 Å². The van der Waals surface area contributed by atoms with E-state index in [1.165, 1.54) is 19.3 Å². The van der Waals surface area contributed by atoms with Gasteiger partial charge in [-0.25, -0.2) is 0 Å². The zero-order valence-corrected chi connectivity index (χ0v) is 11.6. The van der Waals surface area contributed by atoms with E-state index in [-0.39, 0.29) is 0 Å². The van der Waals surface area contributed by atoms with Gasteiger partial charge in [-0.05, 0) is 25.2 Å². The third-order valence-electron chi connectivity index (χ3n) is 3.19. The van der Waals surface area contributed by atoms with Crippen molar-refractivity contribution in [2.45, 2.75) is 66.2 Å². The molecule has 1 aliphatic heterocycles. The lowest BCUT2D eigenvalue weighted by atomic mass is 9.95. The van der Waals surface area contributed by atoms with Crippen LogP contribution in [0.5, 0.6) is 0 Å². The van der Waals surface area contributed by atoms with Crippen molar-refractivity contribution in [3.63, 3.8) is 0 Å². The second-order valence-electron chi connectivity index (χ2n) is 4.36. The fraction of sp³-hybridized carbons (Fsp3) is 0.929. The number of piperidine rings is 1. The predicted octanol–water partition coefficient (Wildman–Crippen LogP) is 3.85. The molecule has 0 bridgehead atoms. The van der Waals surface area contributed by atoms with Gasteiger partial charge in [0.05, 0.1) is 0 Å². The number of likely N-dealkylation sites (tertiary alicyclic amines) is 1. The maximum Gasteiger partial charge on any atom is 0.222 e. The molecule has 0 aromatic heterocycles. The number of amides is 1. The summed E-state index contributed by atoms with van der Waals surface area (Å²) in [6.07, 6.45) is 6.66. The van der Waals surface area contributed by atoms with E-state index in [1.807, 2.05) is 13.8 Å². The minimum Gasteiger partial charge on any atom is -0.342 e. The van der Waals surface area contributed by atoms with Gasteiger partial charge in [0.1, 0.15) is 0 Å². The van der Waals surface area contributed by atoms with Gasteiger partial charge < -0.3 is 4.90 Å². The van der Waals surface area contributed by atoms with Crippen molar-refractivity contribution in [2.75, 3.05) is 13.1 Å². The fourth-order valence-electron chi connectivity index (χ4n) is 2.11. The Balaban J connectivity index is 0.00000106. The number of hydrogen-bond donors (Lipinski definition) is 0. The van der Waals surface area contributed by atoms with E-state index in [4.69, 9.17) is 0 Å². The molecular formula is C14H29NO. The van der Waals surface area contributed by atoms with Gasteiger partial charge in [-0.3, -0.25) is 4.79 Å². The molecule has 1 atom stereocenters. The van der Waals surface area contributed by atoms with Crippen molar-refractivity contribution >= 4 is 5.91 Å². The van der Waals surface area contributed by atoms with Gasteiger partial charge in [-0.15, -0.1) is 0 Å². The number of hydrogen-bond acceptors (Lipinski definition) is 1. The molecule has 2 heteroatoms. The smallest absolute Gasteiger partial charge is 0.222 e. The Morgan fingerprint density at radius 2 is 2.00 bits per heavy atom. The second kappa shape index (κ2) is 9.68. The number of unbranched alkanes of at least 4 members (excludes halogenated alkanes) is 1. The maximum atomic E-state index is 11.7. The van der Waals surface area contributed by atoms with E-state index >= 15 is 0 Å². The van der Waals surface area contributed by atoms with Gasteiger partial charge in [-0.2, -0.15) is 0 Å². The van der Waals surface area contributed by atoms with Gasteiger partial charge in [-0.1, -0.05) is 40.5 Å². The summed E-state index contributed by atoms with van der Waals surface area (Å²) in [5.41, 5.74) is 0. The summed E-state index contributed by atoms with van der Waals surface area (Å²) < 4.78 is 0. The largest absolute Gasteiger partial charge is 0.342 e. The number of nitrogens with zero attached hydrogens (tertiary/aromatic N) is 1. The standard InChI is InChI=1S/C12H23NO.C2H6/c1-3-5-8-12(14)13-9-6-7-11(4-2)10-13;1-2/h11H,3-10H2,1-2H3;1-2H3. The van der Waals surface area contributed by atoms with E-state index in [0.29, 0.717) is 5.91 Å². The molecule has 2 nitrogen and oxygen atoms in total. The Morgan fingerprint density at radius 3 is 2.56 bits per heavy atom. The first kappa shape index (κ1) is 15.5. The number of rotatable bonds is 4. The van der Waals surface area contributed by atoms with E-state index in [2.05, 4.69) is 18.7 Å². The summed E-state index contributed by atoms with van der Waals surface area (Å²) in [5.74, 6) is 1.14. The Bertz CT molecular complexity index is 180. The molecule has 1 aliphatic rings. The van der Waals surface area contributed by atoms with Crippen LogP contribution in [0, 0.1) is 5.92 Å². The highest BCUT2D eigenvalue weighted by molar-refractivity contribution is 5.76. The minimum absolute atomic E-state index is 0.380. The molecule has 0 saturated carbocycles. The molecular weight excluding hydrogens is 198 g/mol. The Hall–Kier alpha value is -0.530. The van der Waals surface area contributed by atoms with Crippen molar-refractivity contribution in [3.8, 4) is 0 Å². The third kappa shape index (κ3) is 5.53. The zero-order valence-electron chi connectivity index (χ0n) is 11.6. The van der Waals surface area contributed by atoms with Crippen molar-refractivity contribution in [3.05, 3.63) is 0 Å². The van der Waals surface area contributed by atoms with Gasteiger partial charge in [0.2, 0.25) is 5.91 Å². The lowest BCUT2D eigenvalue weighted by Gasteiger charge is -2.32. The van der Waals surface area contributed by atoms with Crippen molar-refractivity contribution in [1.82, 2.24) is 4.90 Å². The SMILES string of the molecule is CC.CCCCC(=O)N1CCCC(CC)C1. The highest BCUT2D eigenvalue weighted by atomic mass is 16.2. The molecule has 1 rings (SSSR count). The van der Waals surface area contributed by atoms with Crippen LogP contribution in [0.3, 0.4) is 0 Å². The number of carbonyl (C=O) groups is 1. The van der Waals surface area contributed by atoms with Crippen molar-refractivity contribution in [2.24, 2.45) is 5.92 Å². The molecule has 1 heterocycles. The molecule has 16 heavy (non-hydrogen) atoms. The highest BCUT2D eigenvalue weighted by Gasteiger charge is 2.21. The minimum atomic E-state index is 0.380. The van der Waals surface area contributed by atoms with Crippen LogP contribution < -0.4 is 0 Å². The van der Waals surface area contributed by atoms with E-state index in [0.717, 1.165) is 38.3 Å². The lowest BCUT2D eigenvalue weighted by Crippen LogP contribution is -2.39. The molecule has 0 aromatic rings. The van der Waals surface area contributed by atoms with Gasteiger partial charge in [0, 0.05) is 19.5 Å².